The lowest BCUT2D eigenvalue weighted by Crippen LogP contribution is -2.42. The Morgan fingerprint density at radius 1 is 1.58 bits per heavy atom. The molecule has 1 aliphatic heterocycles. The van der Waals surface area contributed by atoms with E-state index in [4.69, 9.17) is 9.47 Å². The van der Waals surface area contributed by atoms with Gasteiger partial charge in [0.25, 0.3) is 5.91 Å². The second-order valence-electron chi connectivity index (χ2n) is 4.63. The number of rotatable bonds is 5. The standard InChI is InChI=1S/C14H18FNO3/c1-10(12-7-4-8-18-12)16-14(17)9-19-13-6-3-2-5-11(13)15/h2-3,5-6,10,12H,4,7-9H2,1H3,(H,16,17)/t10-,12-/m1/s1. The molecule has 4 nitrogen and oxygen atoms in total. The molecule has 2 rings (SSSR count). The average molecular weight is 267 g/mol. The highest BCUT2D eigenvalue weighted by atomic mass is 19.1. The molecule has 0 aliphatic carbocycles. The van der Waals surface area contributed by atoms with Gasteiger partial charge in [0.1, 0.15) is 0 Å². The van der Waals surface area contributed by atoms with Crippen LogP contribution in [0.4, 0.5) is 4.39 Å². The smallest absolute Gasteiger partial charge is 0.258 e. The van der Waals surface area contributed by atoms with Crippen molar-refractivity contribution in [1.82, 2.24) is 5.32 Å². The molecule has 5 heteroatoms. The number of amides is 1. The van der Waals surface area contributed by atoms with Crippen molar-refractivity contribution in [2.24, 2.45) is 0 Å². The summed E-state index contributed by atoms with van der Waals surface area (Å²) in [6, 6.07) is 5.96. The van der Waals surface area contributed by atoms with Gasteiger partial charge in [-0.2, -0.15) is 0 Å². The SMILES string of the molecule is C[C@@H](NC(=O)COc1ccccc1F)[C@H]1CCCO1. The highest BCUT2D eigenvalue weighted by Gasteiger charge is 2.23. The summed E-state index contributed by atoms with van der Waals surface area (Å²) in [5.41, 5.74) is 0. The molecular formula is C14H18FNO3. The molecular weight excluding hydrogens is 249 g/mol. The summed E-state index contributed by atoms with van der Waals surface area (Å²) in [6.07, 6.45) is 2.05. The number of ether oxygens (including phenoxy) is 2. The van der Waals surface area contributed by atoms with Crippen LogP contribution in [0.3, 0.4) is 0 Å². The van der Waals surface area contributed by atoms with Crippen LogP contribution in [0.25, 0.3) is 0 Å². The molecule has 0 aromatic heterocycles. The first-order chi connectivity index (χ1) is 9.16. The lowest BCUT2D eigenvalue weighted by Gasteiger charge is -2.20. The number of carbonyl (C=O) groups is 1. The normalized spacial score (nSPS) is 20.0. The van der Waals surface area contributed by atoms with Crippen molar-refractivity contribution in [3.8, 4) is 5.75 Å². The average Bonchev–Trinajstić information content (AvgIpc) is 2.91. The molecule has 104 valence electrons. The predicted octanol–water partition coefficient (Wildman–Crippen LogP) is 1.89. The number of halogens is 1. The molecule has 0 spiro atoms. The molecule has 2 atom stereocenters. The van der Waals surface area contributed by atoms with E-state index in [2.05, 4.69) is 5.32 Å². The van der Waals surface area contributed by atoms with Gasteiger partial charge in [0.15, 0.2) is 18.2 Å². The van der Waals surface area contributed by atoms with Gasteiger partial charge in [-0.3, -0.25) is 4.79 Å². The number of hydrogen-bond acceptors (Lipinski definition) is 3. The molecule has 0 bridgehead atoms. The summed E-state index contributed by atoms with van der Waals surface area (Å²) in [4.78, 5) is 11.7. The van der Waals surface area contributed by atoms with Gasteiger partial charge >= 0.3 is 0 Å². The van der Waals surface area contributed by atoms with Crippen LogP contribution in [0.2, 0.25) is 0 Å². The number of nitrogens with one attached hydrogen (secondary N) is 1. The topological polar surface area (TPSA) is 47.6 Å². The number of hydrogen-bond donors (Lipinski definition) is 1. The third-order valence-electron chi connectivity index (χ3n) is 3.11. The van der Waals surface area contributed by atoms with Crippen LogP contribution in [0.5, 0.6) is 5.75 Å². The van der Waals surface area contributed by atoms with Crippen molar-refractivity contribution in [3.05, 3.63) is 30.1 Å². The zero-order chi connectivity index (χ0) is 13.7. The Morgan fingerprint density at radius 3 is 3.05 bits per heavy atom. The van der Waals surface area contributed by atoms with Gasteiger partial charge in [-0.25, -0.2) is 4.39 Å². The summed E-state index contributed by atoms with van der Waals surface area (Å²) in [7, 11) is 0. The first-order valence-corrected chi connectivity index (χ1v) is 6.45. The van der Waals surface area contributed by atoms with Crippen LogP contribution in [-0.4, -0.2) is 31.3 Å². The van der Waals surface area contributed by atoms with Crippen molar-refractivity contribution >= 4 is 5.91 Å². The molecule has 0 radical (unpaired) electrons. The third kappa shape index (κ3) is 3.92. The van der Waals surface area contributed by atoms with Gasteiger partial charge in [-0.05, 0) is 31.9 Å². The maximum Gasteiger partial charge on any atom is 0.258 e. The van der Waals surface area contributed by atoms with Gasteiger partial charge in [0, 0.05) is 6.61 Å². The minimum Gasteiger partial charge on any atom is -0.481 e. The highest BCUT2D eigenvalue weighted by molar-refractivity contribution is 5.77. The van der Waals surface area contributed by atoms with Crippen LogP contribution in [-0.2, 0) is 9.53 Å². The van der Waals surface area contributed by atoms with E-state index in [0.717, 1.165) is 19.4 Å². The van der Waals surface area contributed by atoms with Gasteiger partial charge in [-0.1, -0.05) is 12.1 Å². The van der Waals surface area contributed by atoms with Gasteiger partial charge < -0.3 is 14.8 Å². The van der Waals surface area contributed by atoms with Gasteiger partial charge in [0.2, 0.25) is 0 Å². The van der Waals surface area contributed by atoms with Gasteiger partial charge in [0.05, 0.1) is 12.1 Å². The highest BCUT2D eigenvalue weighted by Crippen LogP contribution is 2.16. The Labute approximate surface area is 111 Å². The Hall–Kier alpha value is -1.62. The van der Waals surface area contributed by atoms with Crippen molar-refractivity contribution in [3.63, 3.8) is 0 Å². The van der Waals surface area contributed by atoms with E-state index in [1.807, 2.05) is 6.92 Å². The van der Waals surface area contributed by atoms with Crippen LogP contribution < -0.4 is 10.1 Å². The lowest BCUT2D eigenvalue weighted by atomic mass is 10.1. The van der Waals surface area contributed by atoms with E-state index in [9.17, 15) is 9.18 Å². The van der Waals surface area contributed by atoms with Crippen molar-refractivity contribution in [1.29, 1.82) is 0 Å². The molecule has 0 saturated carbocycles. The van der Waals surface area contributed by atoms with E-state index in [1.54, 1.807) is 12.1 Å². The first-order valence-electron chi connectivity index (χ1n) is 6.45. The summed E-state index contributed by atoms with van der Waals surface area (Å²) >= 11 is 0. The summed E-state index contributed by atoms with van der Waals surface area (Å²) in [6.45, 7) is 2.45. The second kappa shape index (κ2) is 6.52. The zero-order valence-corrected chi connectivity index (χ0v) is 10.9. The summed E-state index contributed by atoms with van der Waals surface area (Å²) in [5.74, 6) is -0.656. The molecule has 1 saturated heterocycles. The molecule has 1 heterocycles. The first kappa shape index (κ1) is 13.8. The fourth-order valence-electron chi connectivity index (χ4n) is 2.09. The Balaban J connectivity index is 1.77. The van der Waals surface area contributed by atoms with Crippen molar-refractivity contribution in [2.45, 2.75) is 31.9 Å². The molecule has 1 fully saturated rings. The van der Waals surface area contributed by atoms with Crippen molar-refractivity contribution in [2.75, 3.05) is 13.2 Å². The number of carbonyl (C=O) groups excluding carboxylic acids is 1. The van der Waals surface area contributed by atoms with E-state index >= 15 is 0 Å². The minimum absolute atomic E-state index is 0.0563. The van der Waals surface area contributed by atoms with Crippen LogP contribution in [0, 0.1) is 5.82 Å². The Bertz CT molecular complexity index is 432. The third-order valence-corrected chi connectivity index (χ3v) is 3.11. The molecule has 1 aromatic carbocycles. The van der Waals surface area contributed by atoms with Crippen LogP contribution >= 0.6 is 0 Å². The monoisotopic (exact) mass is 267 g/mol. The maximum absolute atomic E-state index is 13.3. The Morgan fingerprint density at radius 2 is 2.37 bits per heavy atom. The lowest BCUT2D eigenvalue weighted by molar-refractivity contribution is -0.124. The molecule has 1 aromatic rings. The largest absolute Gasteiger partial charge is 0.481 e. The minimum atomic E-state index is -0.470. The molecule has 19 heavy (non-hydrogen) atoms. The zero-order valence-electron chi connectivity index (χ0n) is 10.9. The van der Waals surface area contributed by atoms with Crippen LogP contribution in [0.1, 0.15) is 19.8 Å². The molecule has 1 N–H and O–H groups in total. The number of para-hydroxylation sites is 1. The molecule has 1 amide bonds. The van der Waals surface area contributed by atoms with Gasteiger partial charge in [-0.15, -0.1) is 0 Å². The van der Waals surface area contributed by atoms with Crippen LogP contribution in [0.15, 0.2) is 24.3 Å². The predicted molar refractivity (Wildman–Crippen MR) is 68.5 cm³/mol. The van der Waals surface area contributed by atoms with E-state index in [0.29, 0.717) is 0 Å². The van der Waals surface area contributed by atoms with E-state index in [1.165, 1.54) is 12.1 Å². The summed E-state index contributed by atoms with van der Waals surface area (Å²) in [5, 5.41) is 2.80. The van der Waals surface area contributed by atoms with E-state index in [-0.39, 0.29) is 30.4 Å². The molecule has 1 aliphatic rings. The Kier molecular flexibility index (Phi) is 4.74. The fourth-order valence-corrected chi connectivity index (χ4v) is 2.09. The van der Waals surface area contributed by atoms with E-state index < -0.39 is 5.82 Å². The summed E-state index contributed by atoms with van der Waals surface area (Å²) < 4.78 is 23.9. The second-order valence-corrected chi connectivity index (χ2v) is 4.63. The number of benzene rings is 1. The fraction of sp³-hybridized carbons (Fsp3) is 0.500. The quantitative estimate of drug-likeness (QED) is 0.886. The molecule has 0 unspecified atom stereocenters. The van der Waals surface area contributed by atoms with Crippen molar-refractivity contribution < 1.29 is 18.7 Å². The maximum atomic E-state index is 13.3.